The lowest BCUT2D eigenvalue weighted by Gasteiger charge is -2.23. The molecule has 1 aromatic carbocycles. The van der Waals surface area contributed by atoms with E-state index in [9.17, 15) is 0 Å². The van der Waals surface area contributed by atoms with Gasteiger partial charge in [0.05, 0.1) is 6.61 Å². The van der Waals surface area contributed by atoms with Crippen LogP contribution in [0.15, 0.2) is 18.2 Å². The molecule has 1 aromatic rings. The quantitative estimate of drug-likeness (QED) is 0.786. The van der Waals surface area contributed by atoms with Crippen LogP contribution < -0.4 is 10.5 Å². The van der Waals surface area contributed by atoms with Crippen LogP contribution in [0.4, 0.5) is 5.69 Å². The van der Waals surface area contributed by atoms with E-state index in [4.69, 9.17) is 10.5 Å². The molecule has 0 spiro atoms. The van der Waals surface area contributed by atoms with E-state index < -0.39 is 0 Å². The minimum Gasteiger partial charge on any atom is -0.494 e. The van der Waals surface area contributed by atoms with Gasteiger partial charge in [0.1, 0.15) is 5.75 Å². The van der Waals surface area contributed by atoms with Gasteiger partial charge >= 0.3 is 0 Å². The van der Waals surface area contributed by atoms with Crippen molar-refractivity contribution in [3.63, 3.8) is 0 Å². The lowest BCUT2D eigenvalue weighted by molar-refractivity contribution is 0.339. The van der Waals surface area contributed by atoms with Gasteiger partial charge in [0, 0.05) is 5.69 Å². The molecule has 1 saturated carbocycles. The second-order valence-electron chi connectivity index (χ2n) is 4.56. The molecule has 0 bridgehead atoms. The Morgan fingerprint density at radius 1 is 1.25 bits per heavy atom. The van der Waals surface area contributed by atoms with Crippen LogP contribution >= 0.6 is 0 Å². The van der Waals surface area contributed by atoms with Crippen molar-refractivity contribution in [1.82, 2.24) is 0 Å². The number of nitrogen functional groups attached to an aromatic ring is 1. The van der Waals surface area contributed by atoms with Gasteiger partial charge in [-0.15, -0.1) is 0 Å². The average Bonchev–Trinajstić information content (AvgIpc) is 2.33. The average molecular weight is 219 g/mol. The summed E-state index contributed by atoms with van der Waals surface area (Å²) in [6.45, 7) is 2.73. The fraction of sp³-hybridized carbons (Fsp3) is 0.571. The highest BCUT2D eigenvalue weighted by Crippen LogP contribution is 2.37. The molecule has 2 heteroatoms. The summed E-state index contributed by atoms with van der Waals surface area (Å²) in [5.41, 5.74) is 8.28. The second-order valence-corrected chi connectivity index (χ2v) is 4.56. The van der Waals surface area contributed by atoms with Gasteiger partial charge in [0.2, 0.25) is 0 Å². The second kappa shape index (κ2) is 5.24. The highest BCUT2D eigenvalue weighted by Gasteiger charge is 2.18. The highest BCUT2D eigenvalue weighted by molar-refractivity contribution is 5.52. The lowest BCUT2D eigenvalue weighted by atomic mass is 9.83. The zero-order chi connectivity index (χ0) is 11.4. The van der Waals surface area contributed by atoms with E-state index in [-0.39, 0.29) is 0 Å². The summed E-state index contributed by atoms with van der Waals surface area (Å²) in [4.78, 5) is 0. The first-order valence-electron chi connectivity index (χ1n) is 6.33. The number of rotatable bonds is 3. The molecule has 1 fully saturated rings. The number of anilines is 1. The number of hydrogen-bond acceptors (Lipinski definition) is 2. The van der Waals surface area contributed by atoms with Crippen LogP contribution in [0.3, 0.4) is 0 Å². The van der Waals surface area contributed by atoms with E-state index >= 15 is 0 Å². The number of ether oxygens (including phenoxy) is 1. The first kappa shape index (κ1) is 11.3. The predicted octanol–water partition coefficient (Wildman–Crippen LogP) is 3.72. The summed E-state index contributed by atoms with van der Waals surface area (Å²) in [5, 5.41) is 0. The summed E-state index contributed by atoms with van der Waals surface area (Å²) < 4.78 is 5.54. The van der Waals surface area contributed by atoms with Crippen molar-refractivity contribution in [2.24, 2.45) is 0 Å². The number of nitrogens with two attached hydrogens (primary N) is 1. The monoisotopic (exact) mass is 219 g/mol. The van der Waals surface area contributed by atoms with Crippen molar-refractivity contribution >= 4 is 5.69 Å². The molecule has 0 unspecified atom stereocenters. The third-order valence-corrected chi connectivity index (χ3v) is 3.41. The van der Waals surface area contributed by atoms with Crippen LogP contribution in [0.5, 0.6) is 5.75 Å². The van der Waals surface area contributed by atoms with Gasteiger partial charge in [-0.05, 0) is 49.4 Å². The van der Waals surface area contributed by atoms with Crippen molar-refractivity contribution in [3.8, 4) is 5.75 Å². The van der Waals surface area contributed by atoms with Gasteiger partial charge in [-0.25, -0.2) is 0 Å². The van der Waals surface area contributed by atoms with Crippen LogP contribution in [-0.4, -0.2) is 6.61 Å². The molecule has 2 nitrogen and oxygen atoms in total. The molecule has 0 amide bonds. The maximum atomic E-state index is 6.06. The maximum absolute atomic E-state index is 6.06. The molecule has 0 atom stereocenters. The smallest absolute Gasteiger partial charge is 0.119 e. The van der Waals surface area contributed by atoms with Crippen molar-refractivity contribution in [3.05, 3.63) is 23.8 Å². The summed E-state index contributed by atoms with van der Waals surface area (Å²) in [5.74, 6) is 1.60. The van der Waals surface area contributed by atoms with Gasteiger partial charge in [0.25, 0.3) is 0 Å². The third-order valence-electron chi connectivity index (χ3n) is 3.41. The van der Waals surface area contributed by atoms with E-state index in [1.807, 2.05) is 19.1 Å². The van der Waals surface area contributed by atoms with Gasteiger partial charge in [0.15, 0.2) is 0 Å². The molecule has 88 valence electrons. The fourth-order valence-corrected chi connectivity index (χ4v) is 2.58. The van der Waals surface area contributed by atoms with Crippen LogP contribution in [0.2, 0.25) is 0 Å². The summed E-state index contributed by atoms with van der Waals surface area (Å²) in [6, 6.07) is 6.08. The zero-order valence-electron chi connectivity index (χ0n) is 10.0. The molecule has 0 radical (unpaired) electrons. The molecule has 2 N–H and O–H groups in total. The van der Waals surface area contributed by atoms with Crippen molar-refractivity contribution in [1.29, 1.82) is 0 Å². The molecular weight excluding hydrogens is 198 g/mol. The van der Waals surface area contributed by atoms with Gasteiger partial charge < -0.3 is 10.5 Å². The standard InChI is InChI=1S/C14H21NO/c1-2-16-12-8-9-14(15)13(10-12)11-6-4-3-5-7-11/h8-11H,2-7,15H2,1H3. The first-order valence-corrected chi connectivity index (χ1v) is 6.33. The minimum atomic E-state index is 0.647. The van der Waals surface area contributed by atoms with E-state index in [2.05, 4.69) is 6.07 Å². The summed E-state index contributed by atoms with van der Waals surface area (Å²) in [6.07, 6.45) is 6.60. The van der Waals surface area contributed by atoms with E-state index in [1.54, 1.807) is 0 Å². The van der Waals surface area contributed by atoms with Crippen molar-refractivity contribution in [2.75, 3.05) is 12.3 Å². The van der Waals surface area contributed by atoms with E-state index in [0.717, 1.165) is 11.4 Å². The minimum absolute atomic E-state index is 0.647. The molecule has 1 aliphatic rings. The molecule has 0 heterocycles. The first-order chi connectivity index (χ1) is 7.81. The number of benzene rings is 1. The van der Waals surface area contributed by atoms with Crippen molar-refractivity contribution in [2.45, 2.75) is 44.9 Å². The molecule has 0 aliphatic heterocycles. The van der Waals surface area contributed by atoms with Gasteiger partial charge in [-0.1, -0.05) is 19.3 Å². The normalized spacial score (nSPS) is 17.3. The van der Waals surface area contributed by atoms with Crippen molar-refractivity contribution < 1.29 is 4.74 Å². The molecule has 1 aliphatic carbocycles. The lowest BCUT2D eigenvalue weighted by Crippen LogP contribution is -2.07. The number of hydrogen-bond donors (Lipinski definition) is 1. The molecule has 0 saturated heterocycles. The van der Waals surface area contributed by atoms with E-state index in [1.165, 1.54) is 37.7 Å². The largest absolute Gasteiger partial charge is 0.494 e. The van der Waals surface area contributed by atoms with Crippen LogP contribution in [0.1, 0.15) is 50.5 Å². The Hall–Kier alpha value is -1.18. The van der Waals surface area contributed by atoms with E-state index in [0.29, 0.717) is 12.5 Å². The third kappa shape index (κ3) is 2.49. The SMILES string of the molecule is CCOc1ccc(N)c(C2CCCCC2)c1. The Bertz CT molecular complexity index is 343. The predicted molar refractivity (Wildman–Crippen MR) is 67.8 cm³/mol. The maximum Gasteiger partial charge on any atom is 0.119 e. The van der Waals surface area contributed by atoms with Gasteiger partial charge in [-0.3, -0.25) is 0 Å². The zero-order valence-corrected chi connectivity index (χ0v) is 10.0. The summed E-state index contributed by atoms with van der Waals surface area (Å²) >= 11 is 0. The topological polar surface area (TPSA) is 35.2 Å². The fourth-order valence-electron chi connectivity index (χ4n) is 2.58. The Morgan fingerprint density at radius 3 is 2.69 bits per heavy atom. The van der Waals surface area contributed by atoms with Crippen LogP contribution in [-0.2, 0) is 0 Å². The molecule has 2 rings (SSSR count). The Morgan fingerprint density at radius 2 is 2.00 bits per heavy atom. The highest BCUT2D eigenvalue weighted by atomic mass is 16.5. The Labute approximate surface area is 97.8 Å². The summed E-state index contributed by atoms with van der Waals surface area (Å²) in [7, 11) is 0. The molecule has 0 aromatic heterocycles. The Balaban J connectivity index is 2.19. The molecular formula is C14H21NO. The van der Waals surface area contributed by atoms with Crippen LogP contribution in [0.25, 0.3) is 0 Å². The Kier molecular flexibility index (Phi) is 3.70. The van der Waals surface area contributed by atoms with Gasteiger partial charge in [-0.2, -0.15) is 0 Å². The molecule has 16 heavy (non-hydrogen) atoms. The van der Waals surface area contributed by atoms with Crippen LogP contribution in [0, 0.1) is 0 Å².